The van der Waals surface area contributed by atoms with Crippen molar-refractivity contribution in [2.24, 2.45) is 40.4 Å². The summed E-state index contributed by atoms with van der Waals surface area (Å²) >= 11 is 0. The highest BCUT2D eigenvalue weighted by molar-refractivity contribution is 5.33. The molecule has 0 saturated heterocycles. The zero-order valence-corrected chi connectivity index (χ0v) is 20.3. The van der Waals surface area contributed by atoms with Gasteiger partial charge in [0.1, 0.15) is 11.7 Å². The Bertz CT molecular complexity index is 783. The Hall–Kier alpha value is -0.900. The van der Waals surface area contributed by atoms with Gasteiger partial charge in [-0.15, -0.1) is 0 Å². The molecule has 174 valence electrons. The molecule has 0 radical (unpaired) electrons. The summed E-state index contributed by atoms with van der Waals surface area (Å²) in [7, 11) is 0. The summed E-state index contributed by atoms with van der Waals surface area (Å²) in [4.78, 5) is 0. The number of aliphatic hydroxyl groups excluding tert-OH is 2. The van der Waals surface area contributed by atoms with E-state index in [1.807, 2.05) is 6.08 Å². The lowest BCUT2D eigenvalue weighted by Gasteiger charge is -2.62. The molecule has 3 fully saturated rings. The average molecular weight is 429 g/mol. The Kier molecular flexibility index (Phi) is 5.89. The van der Waals surface area contributed by atoms with Crippen molar-refractivity contribution in [1.29, 1.82) is 0 Å². The standard InChI is InChI=1S/C28H44O3/c1-17(2)18(3)7-8-19(4)22-9-10-23-21-15-25(30)28(31)16-20(29)11-14-27(28,6)24(21)12-13-26(22,23)5/h7-8,15,18-20,22-25,29-31H,1,9-14,16H2,2-6H3/b8-7+/t18?,19-,20+,22-,23?,24?,25-,26-,27-,28+/m1/s1. The van der Waals surface area contributed by atoms with Gasteiger partial charge in [0.25, 0.3) is 0 Å². The first kappa shape index (κ1) is 23.3. The minimum Gasteiger partial charge on any atom is -0.393 e. The monoisotopic (exact) mass is 428 g/mol. The molecule has 0 bridgehead atoms. The fraction of sp³-hybridized carbons (Fsp3) is 0.786. The molecule has 3 saturated carbocycles. The molecule has 0 heterocycles. The lowest BCUT2D eigenvalue weighted by atomic mass is 9.45. The van der Waals surface area contributed by atoms with Crippen LogP contribution in [0.25, 0.3) is 0 Å². The van der Waals surface area contributed by atoms with Crippen molar-refractivity contribution < 1.29 is 15.3 Å². The number of aliphatic hydroxyl groups is 3. The van der Waals surface area contributed by atoms with Crippen LogP contribution in [0.4, 0.5) is 0 Å². The van der Waals surface area contributed by atoms with Gasteiger partial charge in [-0.1, -0.05) is 63.6 Å². The summed E-state index contributed by atoms with van der Waals surface area (Å²) in [6.07, 6.45) is 11.8. The second-order valence-electron chi connectivity index (χ2n) is 12.1. The van der Waals surface area contributed by atoms with Gasteiger partial charge >= 0.3 is 0 Å². The van der Waals surface area contributed by atoms with Crippen LogP contribution in [0.15, 0.2) is 36.0 Å². The van der Waals surface area contributed by atoms with Gasteiger partial charge < -0.3 is 15.3 Å². The van der Waals surface area contributed by atoms with Crippen LogP contribution in [0.2, 0.25) is 0 Å². The van der Waals surface area contributed by atoms with Gasteiger partial charge in [0.2, 0.25) is 0 Å². The molecule has 4 aliphatic rings. The van der Waals surface area contributed by atoms with E-state index < -0.39 is 17.8 Å². The SMILES string of the molecule is C=C(C)C(C)/C=C/[C@@H](C)[C@H]1CCC2C3=C[C@@H](O)[C@@]4(O)C[C@@H](O)CC[C@]4(C)C3CC[C@@]21C. The predicted molar refractivity (Wildman–Crippen MR) is 126 cm³/mol. The first-order valence-electron chi connectivity index (χ1n) is 12.6. The van der Waals surface area contributed by atoms with Crippen molar-refractivity contribution in [2.75, 3.05) is 0 Å². The summed E-state index contributed by atoms with van der Waals surface area (Å²) < 4.78 is 0. The highest BCUT2D eigenvalue weighted by Gasteiger charge is 2.64. The van der Waals surface area contributed by atoms with E-state index in [2.05, 4.69) is 53.3 Å². The number of hydrogen-bond donors (Lipinski definition) is 3. The van der Waals surface area contributed by atoms with Gasteiger partial charge in [-0.05, 0) is 80.5 Å². The van der Waals surface area contributed by atoms with Crippen LogP contribution in [-0.2, 0) is 0 Å². The number of fused-ring (bicyclic) bond motifs is 5. The predicted octanol–water partition coefficient (Wildman–Crippen LogP) is 5.42. The van der Waals surface area contributed by atoms with Crippen LogP contribution >= 0.6 is 0 Å². The smallest absolute Gasteiger partial charge is 0.102 e. The van der Waals surface area contributed by atoms with E-state index in [1.165, 1.54) is 30.4 Å². The molecular weight excluding hydrogens is 384 g/mol. The molecule has 3 heteroatoms. The molecule has 0 amide bonds. The van der Waals surface area contributed by atoms with Crippen molar-refractivity contribution >= 4 is 0 Å². The molecule has 0 aromatic carbocycles. The Morgan fingerprint density at radius 2 is 1.77 bits per heavy atom. The topological polar surface area (TPSA) is 60.7 Å². The molecule has 3 nitrogen and oxygen atoms in total. The van der Waals surface area contributed by atoms with Crippen molar-refractivity contribution in [3.63, 3.8) is 0 Å². The average Bonchev–Trinajstić information content (AvgIpc) is 3.05. The third-order valence-electron chi connectivity index (χ3n) is 10.4. The number of rotatable bonds is 4. The first-order valence-corrected chi connectivity index (χ1v) is 12.6. The lowest BCUT2D eigenvalue weighted by molar-refractivity contribution is -0.210. The Labute approximate surface area is 189 Å². The number of allylic oxidation sites excluding steroid dienone is 4. The summed E-state index contributed by atoms with van der Waals surface area (Å²) in [5.74, 6) is 2.40. The van der Waals surface area contributed by atoms with Gasteiger partial charge in [0, 0.05) is 11.8 Å². The molecule has 10 atom stereocenters. The molecule has 0 spiro atoms. The minimum absolute atomic E-state index is 0.248. The third kappa shape index (κ3) is 3.42. The summed E-state index contributed by atoms with van der Waals surface area (Å²) in [6, 6.07) is 0. The van der Waals surface area contributed by atoms with Crippen LogP contribution in [0.5, 0.6) is 0 Å². The fourth-order valence-electron chi connectivity index (χ4n) is 8.09. The third-order valence-corrected chi connectivity index (χ3v) is 10.4. The van der Waals surface area contributed by atoms with E-state index in [9.17, 15) is 15.3 Å². The van der Waals surface area contributed by atoms with Crippen molar-refractivity contribution in [3.05, 3.63) is 36.0 Å². The molecule has 0 aromatic rings. The van der Waals surface area contributed by atoms with Crippen LogP contribution in [0.1, 0.15) is 79.6 Å². The highest BCUT2D eigenvalue weighted by atomic mass is 16.3. The molecule has 0 aliphatic heterocycles. The van der Waals surface area contributed by atoms with E-state index in [0.29, 0.717) is 29.6 Å². The zero-order chi connectivity index (χ0) is 22.8. The van der Waals surface area contributed by atoms with E-state index in [0.717, 1.165) is 19.3 Å². The summed E-state index contributed by atoms with van der Waals surface area (Å²) in [5, 5.41) is 32.9. The van der Waals surface area contributed by atoms with E-state index in [1.54, 1.807) is 0 Å². The molecule has 31 heavy (non-hydrogen) atoms. The minimum atomic E-state index is -1.21. The lowest BCUT2D eigenvalue weighted by Crippen LogP contribution is -2.65. The Morgan fingerprint density at radius 1 is 1.06 bits per heavy atom. The van der Waals surface area contributed by atoms with E-state index in [-0.39, 0.29) is 17.3 Å². The van der Waals surface area contributed by atoms with Gasteiger partial charge in [-0.3, -0.25) is 0 Å². The molecular formula is C28H44O3. The van der Waals surface area contributed by atoms with E-state index >= 15 is 0 Å². The molecule has 4 aliphatic carbocycles. The van der Waals surface area contributed by atoms with Crippen LogP contribution < -0.4 is 0 Å². The van der Waals surface area contributed by atoms with Crippen molar-refractivity contribution in [2.45, 2.75) is 97.4 Å². The Balaban J connectivity index is 1.62. The van der Waals surface area contributed by atoms with Gasteiger partial charge in [0.05, 0.1) is 6.10 Å². The zero-order valence-electron chi connectivity index (χ0n) is 20.3. The fourth-order valence-corrected chi connectivity index (χ4v) is 8.09. The summed E-state index contributed by atoms with van der Waals surface area (Å²) in [6.45, 7) is 15.4. The summed E-state index contributed by atoms with van der Waals surface area (Å²) in [5.41, 5.74) is 1.31. The number of hydrogen-bond acceptors (Lipinski definition) is 3. The van der Waals surface area contributed by atoms with Crippen LogP contribution in [0.3, 0.4) is 0 Å². The highest BCUT2D eigenvalue weighted by Crippen LogP contribution is 2.67. The Morgan fingerprint density at radius 3 is 2.45 bits per heavy atom. The largest absolute Gasteiger partial charge is 0.393 e. The van der Waals surface area contributed by atoms with Crippen LogP contribution in [0, 0.1) is 40.4 Å². The second kappa shape index (κ2) is 7.85. The van der Waals surface area contributed by atoms with Gasteiger partial charge in [-0.2, -0.15) is 0 Å². The van der Waals surface area contributed by atoms with Crippen LogP contribution in [-0.4, -0.2) is 33.1 Å². The molecule has 3 unspecified atom stereocenters. The maximum Gasteiger partial charge on any atom is 0.102 e. The van der Waals surface area contributed by atoms with E-state index in [4.69, 9.17) is 0 Å². The molecule has 3 N–H and O–H groups in total. The maximum atomic E-state index is 11.6. The second-order valence-corrected chi connectivity index (χ2v) is 12.1. The molecule has 4 rings (SSSR count). The van der Waals surface area contributed by atoms with Crippen molar-refractivity contribution in [1.82, 2.24) is 0 Å². The normalized spacial score (nSPS) is 49.0. The van der Waals surface area contributed by atoms with Crippen molar-refractivity contribution in [3.8, 4) is 0 Å². The van der Waals surface area contributed by atoms with Gasteiger partial charge in [0.15, 0.2) is 0 Å². The van der Waals surface area contributed by atoms with Gasteiger partial charge in [-0.25, -0.2) is 0 Å². The first-order chi connectivity index (χ1) is 14.4. The quantitative estimate of drug-likeness (QED) is 0.524. The maximum absolute atomic E-state index is 11.6. The molecule has 0 aromatic heterocycles.